The number of carbonyl (C=O) groups excluding carboxylic acids is 1. The van der Waals surface area contributed by atoms with Crippen molar-refractivity contribution in [2.24, 2.45) is 0 Å². The maximum Gasteiger partial charge on any atom is 0.257 e. The molecule has 0 atom stereocenters. The van der Waals surface area contributed by atoms with Crippen LogP contribution in [0.1, 0.15) is 10.4 Å². The van der Waals surface area contributed by atoms with E-state index in [9.17, 15) is 4.79 Å². The summed E-state index contributed by atoms with van der Waals surface area (Å²) >= 11 is 13.2. The Morgan fingerprint density at radius 3 is 2.50 bits per heavy atom. The lowest BCUT2D eigenvalue weighted by molar-refractivity contribution is 0.0978. The lowest BCUT2D eigenvalue weighted by Gasteiger charge is -2.09. The molecule has 0 bridgehead atoms. The lowest BCUT2D eigenvalue weighted by Crippen LogP contribution is -2.34. The van der Waals surface area contributed by atoms with Crippen molar-refractivity contribution in [1.82, 2.24) is 5.32 Å². The van der Waals surface area contributed by atoms with Gasteiger partial charge in [0, 0.05) is 19.8 Å². The quantitative estimate of drug-likeness (QED) is 0.573. The van der Waals surface area contributed by atoms with Gasteiger partial charge in [-0.25, -0.2) is 0 Å². The fourth-order valence-electron chi connectivity index (χ4n) is 1.50. The Morgan fingerprint density at radius 2 is 1.85 bits per heavy atom. The molecule has 0 saturated carbocycles. The topological polar surface area (TPSA) is 41.1 Å². The number of hydrogen-bond donors (Lipinski definition) is 2. The largest absolute Gasteiger partial charge is 0.332 e. The van der Waals surface area contributed by atoms with Gasteiger partial charge < -0.3 is 5.32 Å². The first-order valence-electron chi connectivity index (χ1n) is 5.68. The van der Waals surface area contributed by atoms with Crippen LogP contribution in [0.3, 0.4) is 0 Å². The third-order valence-corrected chi connectivity index (χ3v) is 3.57. The highest BCUT2D eigenvalue weighted by Crippen LogP contribution is 2.12. The Labute approximate surface area is 140 Å². The fraction of sp³-hybridized carbons (Fsp3) is 0. The minimum Gasteiger partial charge on any atom is -0.332 e. The zero-order chi connectivity index (χ0) is 14.5. The number of anilines is 1. The Kier molecular flexibility index (Phi) is 5.33. The number of thiocarbonyl (C=S) groups is 1. The molecule has 2 rings (SSSR count). The Hall–Kier alpha value is -1.18. The molecule has 20 heavy (non-hydrogen) atoms. The van der Waals surface area contributed by atoms with Gasteiger partial charge in [0.2, 0.25) is 0 Å². The zero-order valence-electron chi connectivity index (χ0n) is 10.2. The van der Waals surface area contributed by atoms with E-state index in [0.29, 0.717) is 10.6 Å². The number of halogens is 2. The van der Waals surface area contributed by atoms with E-state index < -0.39 is 0 Å². The Bertz CT molecular complexity index is 646. The normalized spacial score (nSPS) is 9.90. The first kappa shape index (κ1) is 15.2. The van der Waals surface area contributed by atoms with Gasteiger partial charge in [0.15, 0.2) is 5.11 Å². The molecule has 6 heteroatoms. The maximum atomic E-state index is 12.0. The number of hydrogen-bond acceptors (Lipinski definition) is 2. The van der Waals surface area contributed by atoms with Crippen LogP contribution in [-0.4, -0.2) is 11.0 Å². The molecule has 102 valence electrons. The van der Waals surface area contributed by atoms with Gasteiger partial charge in [0.05, 0.1) is 0 Å². The van der Waals surface area contributed by atoms with Gasteiger partial charge in [-0.05, 0) is 77.3 Å². The number of rotatable bonds is 2. The summed E-state index contributed by atoms with van der Waals surface area (Å²) < 4.78 is 1.13. The highest BCUT2D eigenvalue weighted by atomic mass is 127. The third kappa shape index (κ3) is 4.43. The van der Waals surface area contributed by atoms with Crippen LogP contribution in [0, 0.1) is 3.57 Å². The number of benzene rings is 2. The van der Waals surface area contributed by atoms with Crippen molar-refractivity contribution < 1.29 is 4.79 Å². The van der Waals surface area contributed by atoms with E-state index in [1.165, 1.54) is 0 Å². The molecule has 0 radical (unpaired) electrons. The number of amides is 1. The van der Waals surface area contributed by atoms with Crippen LogP contribution in [0.15, 0.2) is 48.5 Å². The molecular weight excluding hydrogens is 407 g/mol. The summed E-state index contributed by atoms with van der Waals surface area (Å²) in [6.07, 6.45) is 0. The van der Waals surface area contributed by atoms with Crippen molar-refractivity contribution in [1.29, 1.82) is 0 Å². The predicted octanol–water partition coefficient (Wildman–Crippen LogP) is 4.07. The van der Waals surface area contributed by atoms with Gasteiger partial charge in [-0.1, -0.05) is 17.7 Å². The Morgan fingerprint density at radius 1 is 1.15 bits per heavy atom. The zero-order valence-corrected chi connectivity index (χ0v) is 13.9. The molecule has 0 fully saturated rings. The van der Waals surface area contributed by atoms with Gasteiger partial charge in [-0.3, -0.25) is 10.1 Å². The second kappa shape index (κ2) is 7.01. The summed E-state index contributed by atoms with van der Waals surface area (Å²) in [7, 11) is 0. The standard InChI is InChI=1S/C14H10ClIN2OS/c15-10-3-1-2-9(8-10)13(19)18-14(20)17-12-6-4-11(16)5-7-12/h1-8H,(H2,17,18,19,20). The Balaban J connectivity index is 1.97. The van der Waals surface area contributed by atoms with Gasteiger partial charge in [-0.15, -0.1) is 0 Å². The molecule has 0 unspecified atom stereocenters. The molecule has 0 aliphatic heterocycles. The SMILES string of the molecule is O=C(NC(=S)Nc1ccc(I)cc1)c1cccc(Cl)c1. The van der Waals surface area contributed by atoms with Crippen LogP contribution < -0.4 is 10.6 Å². The van der Waals surface area contributed by atoms with Crippen LogP contribution in [-0.2, 0) is 0 Å². The summed E-state index contributed by atoms with van der Waals surface area (Å²) in [4.78, 5) is 12.0. The molecule has 2 aromatic carbocycles. The van der Waals surface area contributed by atoms with E-state index in [-0.39, 0.29) is 11.0 Å². The summed E-state index contributed by atoms with van der Waals surface area (Å²) in [6, 6.07) is 14.4. The minimum atomic E-state index is -0.296. The van der Waals surface area contributed by atoms with Crippen LogP contribution in [0.4, 0.5) is 5.69 Å². The summed E-state index contributed by atoms with van der Waals surface area (Å²) in [5.41, 5.74) is 1.28. The van der Waals surface area contributed by atoms with E-state index in [1.54, 1.807) is 24.3 Å². The highest BCUT2D eigenvalue weighted by molar-refractivity contribution is 14.1. The predicted molar refractivity (Wildman–Crippen MR) is 94.3 cm³/mol. The van der Waals surface area contributed by atoms with Crippen LogP contribution in [0.2, 0.25) is 5.02 Å². The van der Waals surface area contributed by atoms with Crippen LogP contribution in [0.25, 0.3) is 0 Å². The average Bonchev–Trinajstić information content (AvgIpc) is 2.41. The van der Waals surface area contributed by atoms with Gasteiger partial charge in [-0.2, -0.15) is 0 Å². The third-order valence-electron chi connectivity index (χ3n) is 2.42. The molecule has 0 aromatic heterocycles. The smallest absolute Gasteiger partial charge is 0.257 e. The first-order chi connectivity index (χ1) is 9.54. The van der Waals surface area contributed by atoms with E-state index in [0.717, 1.165) is 9.26 Å². The molecular formula is C14H10ClIN2OS. The molecule has 3 nitrogen and oxygen atoms in total. The molecule has 2 aromatic rings. The summed E-state index contributed by atoms with van der Waals surface area (Å²) in [6.45, 7) is 0. The van der Waals surface area contributed by atoms with E-state index >= 15 is 0 Å². The van der Waals surface area contributed by atoms with E-state index in [2.05, 4.69) is 33.2 Å². The van der Waals surface area contributed by atoms with Crippen molar-refractivity contribution in [3.05, 3.63) is 62.7 Å². The molecule has 0 aliphatic rings. The van der Waals surface area contributed by atoms with Crippen LogP contribution >= 0.6 is 46.4 Å². The second-order valence-electron chi connectivity index (χ2n) is 3.93. The molecule has 1 amide bonds. The molecule has 0 saturated heterocycles. The molecule has 2 N–H and O–H groups in total. The maximum absolute atomic E-state index is 12.0. The molecule has 0 aliphatic carbocycles. The lowest BCUT2D eigenvalue weighted by atomic mass is 10.2. The molecule has 0 heterocycles. The summed E-state index contributed by atoms with van der Waals surface area (Å²) in [5, 5.41) is 6.31. The monoisotopic (exact) mass is 416 g/mol. The van der Waals surface area contributed by atoms with Crippen molar-refractivity contribution >= 4 is 63.1 Å². The van der Waals surface area contributed by atoms with Crippen molar-refractivity contribution in [2.45, 2.75) is 0 Å². The average molecular weight is 417 g/mol. The van der Waals surface area contributed by atoms with E-state index in [1.807, 2.05) is 24.3 Å². The van der Waals surface area contributed by atoms with Crippen LogP contribution in [0.5, 0.6) is 0 Å². The second-order valence-corrected chi connectivity index (χ2v) is 6.02. The number of carbonyl (C=O) groups is 1. The first-order valence-corrected chi connectivity index (χ1v) is 7.54. The van der Waals surface area contributed by atoms with Gasteiger partial charge in [0.1, 0.15) is 0 Å². The van der Waals surface area contributed by atoms with Crippen molar-refractivity contribution in [3.8, 4) is 0 Å². The van der Waals surface area contributed by atoms with Gasteiger partial charge >= 0.3 is 0 Å². The summed E-state index contributed by atoms with van der Waals surface area (Å²) in [5.74, 6) is -0.296. The van der Waals surface area contributed by atoms with Crippen molar-refractivity contribution in [2.75, 3.05) is 5.32 Å². The number of nitrogens with one attached hydrogen (secondary N) is 2. The van der Waals surface area contributed by atoms with Gasteiger partial charge in [0.25, 0.3) is 5.91 Å². The molecule has 0 spiro atoms. The van der Waals surface area contributed by atoms with E-state index in [4.69, 9.17) is 23.8 Å². The van der Waals surface area contributed by atoms with Crippen molar-refractivity contribution in [3.63, 3.8) is 0 Å². The highest BCUT2D eigenvalue weighted by Gasteiger charge is 2.08. The fourth-order valence-corrected chi connectivity index (χ4v) is 2.26. The minimum absolute atomic E-state index is 0.246.